The molecule has 0 bridgehead atoms. The van der Waals surface area contributed by atoms with Crippen LogP contribution in [0.5, 0.6) is 0 Å². The summed E-state index contributed by atoms with van der Waals surface area (Å²) in [4.78, 5) is 8.53. The van der Waals surface area contributed by atoms with Gasteiger partial charge in [0.2, 0.25) is 5.89 Å². The monoisotopic (exact) mass is 458 g/mol. The van der Waals surface area contributed by atoms with Gasteiger partial charge < -0.3 is 9.52 Å². The molecule has 0 radical (unpaired) electrons. The number of hydrogen-bond acceptors (Lipinski definition) is 5. The van der Waals surface area contributed by atoms with Crippen molar-refractivity contribution in [3.63, 3.8) is 0 Å². The Hall–Kier alpha value is -2.60. The molecule has 0 aliphatic carbocycles. The van der Waals surface area contributed by atoms with Crippen LogP contribution in [0.4, 0.5) is 0 Å². The number of nitrogens with zero attached hydrogens (tertiary/aromatic N) is 2. The fourth-order valence-corrected chi connectivity index (χ4v) is 5.53. The van der Waals surface area contributed by atoms with Crippen molar-refractivity contribution in [1.29, 1.82) is 0 Å². The standard InChI is InChI=1S/C28H30N2O2S/c1-19-23(20-9-4-3-5-10-20)12-8-13-24(19)28-29-25-15-21(27(33-2)16-26(25)32-28)17-30-14-7-6-11-22(30)18-31/h3-5,8-10,12-13,15-16,22,31H,6-7,11,14,17-18H2,1-2H3. The zero-order chi connectivity index (χ0) is 22.8. The third-order valence-electron chi connectivity index (χ3n) is 6.77. The molecular formula is C28H30N2O2S. The number of likely N-dealkylation sites (tertiary alicyclic amines) is 1. The first kappa shape index (κ1) is 22.2. The van der Waals surface area contributed by atoms with Gasteiger partial charge >= 0.3 is 0 Å². The van der Waals surface area contributed by atoms with E-state index in [0.717, 1.165) is 36.2 Å². The summed E-state index contributed by atoms with van der Waals surface area (Å²) in [6.07, 6.45) is 5.57. The van der Waals surface area contributed by atoms with Crippen LogP contribution in [0.2, 0.25) is 0 Å². The van der Waals surface area contributed by atoms with E-state index in [1.165, 1.54) is 40.0 Å². The molecule has 1 saturated heterocycles. The molecule has 1 aromatic heterocycles. The minimum Gasteiger partial charge on any atom is -0.436 e. The summed E-state index contributed by atoms with van der Waals surface area (Å²) < 4.78 is 6.28. The summed E-state index contributed by atoms with van der Waals surface area (Å²) >= 11 is 1.74. The highest BCUT2D eigenvalue weighted by Gasteiger charge is 2.23. The summed E-state index contributed by atoms with van der Waals surface area (Å²) in [5.74, 6) is 0.663. The molecule has 0 saturated carbocycles. The lowest BCUT2D eigenvalue weighted by atomic mass is 9.96. The molecule has 1 N–H and O–H groups in total. The largest absolute Gasteiger partial charge is 0.436 e. The van der Waals surface area contributed by atoms with Gasteiger partial charge in [0.15, 0.2) is 5.58 Å². The summed E-state index contributed by atoms with van der Waals surface area (Å²) in [6.45, 7) is 4.23. The molecule has 1 unspecified atom stereocenters. The lowest BCUT2D eigenvalue weighted by Gasteiger charge is -2.34. The zero-order valence-electron chi connectivity index (χ0n) is 19.3. The number of rotatable bonds is 6. The normalized spacial score (nSPS) is 17.0. The Bertz CT molecular complexity index is 1250. The van der Waals surface area contributed by atoms with Gasteiger partial charge in [0.25, 0.3) is 0 Å². The van der Waals surface area contributed by atoms with Crippen LogP contribution in [0.3, 0.4) is 0 Å². The SMILES string of the molecule is CSc1cc2oc(-c3cccc(-c4ccccc4)c3C)nc2cc1CN1CCCCC1CO. The number of oxazole rings is 1. The van der Waals surface area contributed by atoms with Gasteiger partial charge in [-0.05, 0) is 73.0 Å². The third kappa shape index (κ3) is 4.45. The van der Waals surface area contributed by atoms with E-state index in [-0.39, 0.29) is 12.6 Å². The Morgan fingerprint density at radius 1 is 1.06 bits per heavy atom. The van der Waals surface area contributed by atoms with E-state index in [1.807, 2.05) is 6.07 Å². The van der Waals surface area contributed by atoms with Crippen molar-refractivity contribution in [3.05, 3.63) is 71.8 Å². The van der Waals surface area contributed by atoms with Crippen molar-refractivity contribution in [2.45, 2.75) is 43.7 Å². The smallest absolute Gasteiger partial charge is 0.227 e. The molecule has 1 atom stereocenters. The lowest BCUT2D eigenvalue weighted by Crippen LogP contribution is -2.41. The second kappa shape index (κ2) is 9.72. The van der Waals surface area contributed by atoms with Crippen molar-refractivity contribution in [3.8, 4) is 22.6 Å². The van der Waals surface area contributed by atoms with Crippen LogP contribution in [0, 0.1) is 6.92 Å². The predicted octanol–water partition coefficient (Wildman–Crippen LogP) is 6.54. The first-order valence-corrected chi connectivity index (χ1v) is 12.9. The maximum Gasteiger partial charge on any atom is 0.227 e. The third-order valence-corrected chi connectivity index (χ3v) is 7.59. The van der Waals surface area contributed by atoms with Gasteiger partial charge in [0.05, 0.1) is 6.61 Å². The molecule has 4 aromatic rings. The topological polar surface area (TPSA) is 49.5 Å². The van der Waals surface area contributed by atoms with Gasteiger partial charge in [-0.1, -0.05) is 48.9 Å². The van der Waals surface area contributed by atoms with Gasteiger partial charge in [-0.15, -0.1) is 11.8 Å². The minimum absolute atomic E-state index is 0.224. The molecule has 5 heteroatoms. The van der Waals surface area contributed by atoms with Crippen molar-refractivity contribution in [2.75, 3.05) is 19.4 Å². The van der Waals surface area contributed by atoms with Crippen LogP contribution >= 0.6 is 11.8 Å². The van der Waals surface area contributed by atoms with Gasteiger partial charge in [-0.2, -0.15) is 0 Å². The van der Waals surface area contributed by atoms with Crippen LogP contribution in [0.1, 0.15) is 30.4 Å². The Morgan fingerprint density at radius 3 is 2.67 bits per heavy atom. The molecule has 0 amide bonds. The number of aliphatic hydroxyl groups is 1. The Labute approximate surface area is 199 Å². The van der Waals surface area contributed by atoms with E-state index in [0.29, 0.717) is 5.89 Å². The Kier molecular flexibility index (Phi) is 6.54. The number of thioether (sulfide) groups is 1. The number of fused-ring (bicyclic) bond motifs is 1. The first-order chi connectivity index (χ1) is 16.2. The highest BCUT2D eigenvalue weighted by Crippen LogP contribution is 2.35. The van der Waals surface area contributed by atoms with Crippen molar-refractivity contribution < 1.29 is 9.52 Å². The van der Waals surface area contributed by atoms with Gasteiger partial charge in [0.1, 0.15) is 5.52 Å². The number of benzene rings is 3. The van der Waals surface area contributed by atoms with E-state index in [1.54, 1.807) is 11.8 Å². The molecule has 1 fully saturated rings. The molecule has 33 heavy (non-hydrogen) atoms. The van der Waals surface area contributed by atoms with Crippen LogP contribution in [-0.4, -0.2) is 40.4 Å². The fourth-order valence-electron chi connectivity index (χ4n) is 4.92. The van der Waals surface area contributed by atoms with E-state index in [2.05, 4.69) is 72.7 Å². The highest BCUT2D eigenvalue weighted by atomic mass is 32.2. The van der Waals surface area contributed by atoms with Crippen LogP contribution in [-0.2, 0) is 6.54 Å². The number of piperidine rings is 1. The quantitative estimate of drug-likeness (QED) is 0.333. The number of aliphatic hydroxyl groups excluding tert-OH is 1. The fraction of sp³-hybridized carbons (Fsp3) is 0.321. The maximum atomic E-state index is 9.82. The van der Waals surface area contributed by atoms with Crippen LogP contribution in [0.15, 0.2) is 70.0 Å². The Balaban J connectivity index is 1.52. The first-order valence-electron chi connectivity index (χ1n) is 11.7. The summed E-state index contributed by atoms with van der Waals surface area (Å²) in [7, 11) is 0. The van der Waals surface area contributed by atoms with Crippen molar-refractivity contribution in [2.24, 2.45) is 0 Å². The summed E-state index contributed by atoms with van der Waals surface area (Å²) in [6, 6.07) is 21.3. The molecular weight excluding hydrogens is 428 g/mol. The molecule has 0 spiro atoms. The van der Waals surface area contributed by atoms with E-state index in [9.17, 15) is 5.11 Å². The second-order valence-electron chi connectivity index (χ2n) is 8.80. The van der Waals surface area contributed by atoms with E-state index in [4.69, 9.17) is 9.40 Å². The lowest BCUT2D eigenvalue weighted by molar-refractivity contribution is 0.0835. The highest BCUT2D eigenvalue weighted by molar-refractivity contribution is 7.98. The summed E-state index contributed by atoms with van der Waals surface area (Å²) in [5.41, 5.74) is 7.54. The molecule has 5 rings (SSSR count). The molecule has 170 valence electrons. The molecule has 2 heterocycles. The molecule has 4 nitrogen and oxygen atoms in total. The van der Waals surface area contributed by atoms with Crippen molar-refractivity contribution >= 4 is 22.9 Å². The predicted molar refractivity (Wildman–Crippen MR) is 137 cm³/mol. The summed E-state index contributed by atoms with van der Waals surface area (Å²) in [5, 5.41) is 9.82. The van der Waals surface area contributed by atoms with Crippen LogP contribution < -0.4 is 0 Å². The molecule has 1 aliphatic heterocycles. The number of aromatic nitrogens is 1. The number of hydrogen-bond donors (Lipinski definition) is 1. The molecule has 3 aromatic carbocycles. The van der Waals surface area contributed by atoms with Crippen LogP contribution in [0.25, 0.3) is 33.7 Å². The van der Waals surface area contributed by atoms with Gasteiger partial charge in [0, 0.05) is 23.0 Å². The average Bonchev–Trinajstić information content (AvgIpc) is 3.27. The maximum absolute atomic E-state index is 9.82. The van der Waals surface area contributed by atoms with E-state index < -0.39 is 0 Å². The van der Waals surface area contributed by atoms with Gasteiger partial charge in [-0.25, -0.2) is 4.98 Å². The Morgan fingerprint density at radius 2 is 1.88 bits per heavy atom. The second-order valence-corrected chi connectivity index (χ2v) is 9.65. The van der Waals surface area contributed by atoms with Crippen molar-refractivity contribution in [1.82, 2.24) is 9.88 Å². The minimum atomic E-state index is 0.224. The van der Waals surface area contributed by atoms with E-state index >= 15 is 0 Å². The molecule has 1 aliphatic rings. The zero-order valence-corrected chi connectivity index (χ0v) is 20.1. The average molecular weight is 459 g/mol. The van der Waals surface area contributed by atoms with Gasteiger partial charge in [-0.3, -0.25) is 4.90 Å².